The third-order valence-electron chi connectivity index (χ3n) is 6.61. The van der Waals surface area contributed by atoms with Gasteiger partial charge < -0.3 is 15.0 Å². The molecule has 2 fully saturated rings. The molecule has 5 heterocycles. The molecule has 3 aromatic rings. The second kappa shape index (κ2) is 10.9. The number of halogens is 1. The quantitative estimate of drug-likeness (QED) is 0.511. The normalized spacial score (nSPS) is 18.3. The van der Waals surface area contributed by atoms with Gasteiger partial charge in [-0.15, -0.1) is 0 Å². The number of aromatic nitrogens is 4. The minimum Gasteiger partial charge on any atom is -0.476 e. The summed E-state index contributed by atoms with van der Waals surface area (Å²) in [6, 6.07) is 6.62. The number of pyridine rings is 1. The summed E-state index contributed by atoms with van der Waals surface area (Å²) in [6.45, 7) is 4.62. The molecule has 1 unspecified atom stereocenters. The van der Waals surface area contributed by atoms with Crippen LogP contribution in [0.2, 0.25) is 0 Å². The molecule has 188 valence electrons. The average Bonchev–Trinajstić information content (AvgIpc) is 3.54. The van der Waals surface area contributed by atoms with Crippen molar-refractivity contribution in [3.05, 3.63) is 36.4 Å². The number of hydrogen-bond acceptors (Lipinski definition) is 8. The maximum Gasteiger partial charge on any atom is 0.236 e. The van der Waals surface area contributed by atoms with E-state index in [-0.39, 0.29) is 24.2 Å². The number of carbonyl (C=O) groups excluding carboxylic acids is 1. The molecule has 0 bridgehead atoms. The molecule has 0 saturated carbocycles. The van der Waals surface area contributed by atoms with Gasteiger partial charge in [0.15, 0.2) is 5.82 Å². The van der Waals surface area contributed by atoms with E-state index in [9.17, 15) is 9.18 Å². The molecule has 2 saturated heterocycles. The summed E-state index contributed by atoms with van der Waals surface area (Å²) in [4.78, 5) is 29.9. The van der Waals surface area contributed by atoms with Crippen molar-refractivity contribution in [2.45, 2.75) is 38.1 Å². The van der Waals surface area contributed by atoms with Crippen molar-refractivity contribution in [2.24, 2.45) is 0 Å². The van der Waals surface area contributed by atoms with Gasteiger partial charge >= 0.3 is 0 Å². The Kier molecular flexibility index (Phi) is 7.23. The molecule has 5 rings (SSSR count). The summed E-state index contributed by atoms with van der Waals surface area (Å²) >= 11 is 0. The summed E-state index contributed by atoms with van der Waals surface area (Å²) in [6.07, 6.45) is 6.97. The van der Waals surface area contributed by atoms with Crippen LogP contribution in [0.25, 0.3) is 17.2 Å². The number of piperidine rings is 1. The molecule has 3 aromatic heterocycles. The van der Waals surface area contributed by atoms with Crippen LogP contribution in [0.15, 0.2) is 30.6 Å². The fourth-order valence-electron chi connectivity index (χ4n) is 4.80. The van der Waals surface area contributed by atoms with Gasteiger partial charge in [-0.2, -0.15) is 10.2 Å². The zero-order valence-electron chi connectivity index (χ0n) is 20.1. The highest BCUT2D eigenvalue weighted by Crippen LogP contribution is 2.25. The minimum absolute atomic E-state index is 0.0266. The van der Waals surface area contributed by atoms with E-state index < -0.39 is 0 Å². The lowest BCUT2D eigenvalue weighted by atomic mass is 10.1. The van der Waals surface area contributed by atoms with Gasteiger partial charge in [0.2, 0.25) is 11.8 Å². The second-order valence-electron chi connectivity index (χ2n) is 9.19. The van der Waals surface area contributed by atoms with E-state index in [1.807, 2.05) is 6.07 Å². The number of imidazole rings is 1. The van der Waals surface area contributed by atoms with Gasteiger partial charge in [0, 0.05) is 37.9 Å². The second-order valence-corrected chi connectivity index (χ2v) is 9.19. The highest BCUT2D eigenvalue weighted by atomic mass is 19.1. The van der Waals surface area contributed by atoms with Crippen molar-refractivity contribution in [1.29, 1.82) is 5.26 Å². The molecule has 1 N–H and O–H groups in total. The lowest BCUT2D eigenvalue weighted by Gasteiger charge is -2.33. The Hall–Kier alpha value is -3.78. The Bertz CT molecular complexity index is 1270. The molecule has 1 atom stereocenters. The van der Waals surface area contributed by atoms with Crippen LogP contribution in [0.4, 0.5) is 10.2 Å². The number of anilines is 1. The first-order valence-electron chi connectivity index (χ1n) is 12.4. The predicted molar refractivity (Wildman–Crippen MR) is 131 cm³/mol. The highest BCUT2D eigenvalue weighted by molar-refractivity contribution is 5.78. The van der Waals surface area contributed by atoms with Crippen LogP contribution in [0, 0.1) is 17.1 Å². The summed E-state index contributed by atoms with van der Waals surface area (Å²) in [7, 11) is 0. The van der Waals surface area contributed by atoms with Gasteiger partial charge in [-0.3, -0.25) is 14.1 Å². The van der Waals surface area contributed by atoms with Crippen LogP contribution in [0.3, 0.4) is 0 Å². The number of rotatable bonds is 8. The van der Waals surface area contributed by atoms with Crippen LogP contribution >= 0.6 is 0 Å². The van der Waals surface area contributed by atoms with Crippen LogP contribution < -0.4 is 10.1 Å². The lowest BCUT2D eigenvalue weighted by Crippen LogP contribution is -2.45. The number of nitriles is 1. The van der Waals surface area contributed by atoms with Crippen molar-refractivity contribution in [3.8, 4) is 23.5 Å². The Morgan fingerprint density at radius 3 is 2.92 bits per heavy atom. The first-order chi connectivity index (χ1) is 17.6. The van der Waals surface area contributed by atoms with Crippen molar-refractivity contribution in [1.82, 2.24) is 29.2 Å². The molecule has 11 heteroatoms. The number of carbonyl (C=O) groups is 1. The summed E-state index contributed by atoms with van der Waals surface area (Å²) in [5, 5.41) is 12.3. The van der Waals surface area contributed by atoms with Crippen LogP contribution in [0.5, 0.6) is 5.88 Å². The molecular weight excluding hydrogens is 463 g/mol. The number of hydrogen-bond donors (Lipinski definition) is 1. The zero-order valence-corrected chi connectivity index (χ0v) is 20.1. The maximum absolute atomic E-state index is 14.0. The fourth-order valence-corrected chi connectivity index (χ4v) is 4.80. The van der Waals surface area contributed by atoms with Gasteiger partial charge in [-0.25, -0.2) is 14.4 Å². The molecule has 1 amide bonds. The van der Waals surface area contributed by atoms with Gasteiger partial charge in [0.1, 0.15) is 36.0 Å². The van der Waals surface area contributed by atoms with Crippen LogP contribution in [-0.4, -0.2) is 80.4 Å². The molecule has 2 aliphatic heterocycles. The number of likely N-dealkylation sites (tertiary alicyclic amines) is 2. The molecular formula is C25H29FN8O2. The third kappa shape index (κ3) is 5.54. The smallest absolute Gasteiger partial charge is 0.236 e. The summed E-state index contributed by atoms with van der Waals surface area (Å²) in [5.74, 6) is 0.791. The molecule has 36 heavy (non-hydrogen) atoms. The topological polar surface area (TPSA) is 112 Å². The zero-order chi connectivity index (χ0) is 24.9. The molecule has 0 aliphatic carbocycles. The van der Waals surface area contributed by atoms with E-state index in [0.29, 0.717) is 48.6 Å². The third-order valence-corrected chi connectivity index (χ3v) is 6.61. The molecule has 0 radical (unpaired) electrons. The Morgan fingerprint density at radius 2 is 2.08 bits per heavy atom. The van der Waals surface area contributed by atoms with E-state index in [4.69, 9.17) is 10.00 Å². The fraction of sp³-hybridized carbons (Fsp3) is 0.480. The van der Waals surface area contributed by atoms with Gasteiger partial charge in [0.05, 0.1) is 12.3 Å². The van der Waals surface area contributed by atoms with Crippen LogP contribution in [-0.2, 0) is 4.79 Å². The van der Waals surface area contributed by atoms with E-state index in [1.54, 1.807) is 27.6 Å². The van der Waals surface area contributed by atoms with Gasteiger partial charge in [-0.1, -0.05) is 0 Å². The molecule has 10 nitrogen and oxygen atoms in total. The number of fused-ring (bicyclic) bond motifs is 1. The first-order valence-corrected chi connectivity index (χ1v) is 12.4. The molecule has 0 spiro atoms. The first kappa shape index (κ1) is 23.9. The van der Waals surface area contributed by atoms with Crippen molar-refractivity contribution < 1.29 is 13.9 Å². The van der Waals surface area contributed by atoms with Crippen molar-refractivity contribution >= 4 is 17.4 Å². The number of nitrogens with one attached hydrogen (secondary N) is 1. The Morgan fingerprint density at radius 1 is 1.22 bits per heavy atom. The monoisotopic (exact) mass is 492 g/mol. The van der Waals surface area contributed by atoms with E-state index >= 15 is 0 Å². The standard InChI is InChI=1S/C25H29FN8O2/c26-18-5-6-22-28-15-20(34(22)16-18)25-30-21(14-23(31-25)36-13-12-32-9-1-2-10-32)29-19-4-3-11-33(17-19)24(35)7-8-27/h5-6,14-16,19H,1-4,7,9-13,17H2,(H,29,30,31). The Labute approximate surface area is 208 Å². The number of ether oxygens (including phenoxy) is 1. The predicted octanol–water partition coefficient (Wildman–Crippen LogP) is 2.72. The van der Waals surface area contributed by atoms with E-state index in [2.05, 4.69) is 25.2 Å². The average molecular weight is 493 g/mol. The van der Waals surface area contributed by atoms with Gasteiger partial charge in [-0.05, 0) is 50.9 Å². The largest absolute Gasteiger partial charge is 0.476 e. The van der Waals surface area contributed by atoms with Gasteiger partial charge in [0.25, 0.3) is 0 Å². The van der Waals surface area contributed by atoms with Crippen LogP contribution in [0.1, 0.15) is 32.1 Å². The van der Waals surface area contributed by atoms with Crippen molar-refractivity contribution in [2.75, 3.05) is 44.6 Å². The minimum atomic E-state index is -0.387. The summed E-state index contributed by atoms with van der Waals surface area (Å²) < 4.78 is 21.6. The SMILES string of the molecule is N#CCC(=O)N1CCCC(Nc2cc(OCCN3CCCC3)nc(-c3cnc4ccc(F)cn34)n2)C1. The van der Waals surface area contributed by atoms with Crippen molar-refractivity contribution in [3.63, 3.8) is 0 Å². The number of nitrogens with zero attached hydrogens (tertiary/aromatic N) is 7. The molecule has 0 aromatic carbocycles. The summed E-state index contributed by atoms with van der Waals surface area (Å²) in [5.41, 5.74) is 1.14. The van der Waals surface area contributed by atoms with E-state index in [0.717, 1.165) is 32.5 Å². The highest BCUT2D eigenvalue weighted by Gasteiger charge is 2.24. The Balaban J connectivity index is 1.39. The molecule has 2 aliphatic rings. The maximum atomic E-state index is 14.0. The number of amides is 1. The lowest BCUT2D eigenvalue weighted by molar-refractivity contribution is -0.131. The van der Waals surface area contributed by atoms with E-state index in [1.165, 1.54) is 25.1 Å².